The summed E-state index contributed by atoms with van der Waals surface area (Å²) in [5, 5.41) is 7.09. The lowest BCUT2D eigenvalue weighted by Crippen LogP contribution is -2.31. The minimum absolute atomic E-state index is 0.0346. The number of rotatable bonds is 8. The highest BCUT2D eigenvalue weighted by atomic mass is 19.4. The maximum absolute atomic E-state index is 13.5. The van der Waals surface area contributed by atoms with Crippen molar-refractivity contribution in [2.45, 2.75) is 50.8 Å². The van der Waals surface area contributed by atoms with Crippen LogP contribution in [-0.4, -0.2) is 31.2 Å². The molecule has 3 amide bonds. The Bertz CT molecular complexity index is 894. The molecule has 1 saturated carbocycles. The van der Waals surface area contributed by atoms with Crippen LogP contribution < -0.4 is 16.0 Å². The molecule has 3 N–H and O–H groups in total. The zero-order chi connectivity index (χ0) is 23.0. The number of benzene rings is 1. The van der Waals surface area contributed by atoms with Crippen molar-refractivity contribution in [1.82, 2.24) is 5.32 Å². The third kappa shape index (κ3) is 7.01. The molecule has 10 heteroatoms. The van der Waals surface area contributed by atoms with Gasteiger partial charge in [0.25, 0.3) is 5.91 Å². The molecule has 0 unspecified atom stereocenters. The molecular formula is C22H26F3N3O4. The van der Waals surface area contributed by atoms with Crippen LogP contribution in [0.2, 0.25) is 0 Å². The number of carbonyl (C=O) groups is 2. The number of hydrogen-bond donors (Lipinski definition) is 3. The van der Waals surface area contributed by atoms with E-state index in [1.807, 2.05) is 0 Å². The Hall–Kier alpha value is -3.01. The zero-order valence-electron chi connectivity index (χ0n) is 17.5. The Labute approximate surface area is 183 Å². The van der Waals surface area contributed by atoms with Gasteiger partial charge in [0, 0.05) is 18.8 Å². The van der Waals surface area contributed by atoms with Crippen LogP contribution in [0.4, 0.5) is 29.3 Å². The van der Waals surface area contributed by atoms with Gasteiger partial charge in [-0.1, -0.05) is 19.3 Å². The number of ether oxygens (including phenoxy) is 1. The number of carbonyl (C=O) groups excluding carboxylic acids is 2. The zero-order valence-corrected chi connectivity index (χ0v) is 17.5. The van der Waals surface area contributed by atoms with E-state index in [0.717, 1.165) is 37.8 Å². The number of alkyl halides is 3. The molecule has 7 nitrogen and oxygen atoms in total. The van der Waals surface area contributed by atoms with E-state index in [9.17, 15) is 22.8 Å². The lowest BCUT2D eigenvalue weighted by Gasteiger charge is -2.22. The lowest BCUT2D eigenvalue weighted by atomic mass is 9.98. The van der Waals surface area contributed by atoms with Crippen molar-refractivity contribution in [2.75, 3.05) is 23.8 Å². The Balaban J connectivity index is 1.51. The average Bonchev–Trinajstić information content (AvgIpc) is 3.30. The van der Waals surface area contributed by atoms with Crippen LogP contribution >= 0.6 is 0 Å². The minimum atomic E-state index is -4.73. The Morgan fingerprint density at radius 3 is 2.56 bits per heavy atom. The van der Waals surface area contributed by atoms with Gasteiger partial charge in [0.2, 0.25) is 0 Å². The van der Waals surface area contributed by atoms with E-state index in [1.165, 1.54) is 30.9 Å². The molecular weight excluding hydrogens is 427 g/mol. The summed E-state index contributed by atoms with van der Waals surface area (Å²) in [6, 6.07) is 5.25. The summed E-state index contributed by atoms with van der Waals surface area (Å²) >= 11 is 0. The van der Waals surface area contributed by atoms with Crippen molar-refractivity contribution in [3.63, 3.8) is 0 Å². The fourth-order valence-corrected chi connectivity index (χ4v) is 3.49. The number of hydrogen-bond acceptors (Lipinski definition) is 4. The number of halogens is 3. The van der Waals surface area contributed by atoms with E-state index in [2.05, 4.69) is 16.0 Å². The highest BCUT2D eigenvalue weighted by molar-refractivity contribution is 6.02. The first kappa shape index (κ1) is 23.6. The summed E-state index contributed by atoms with van der Waals surface area (Å²) in [6.45, 7) is 0.764. The molecule has 2 aromatic rings. The van der Waals surface area contributed by atoms with Crippen LogP contribution in [0.15, 0.2) is 41.0 Å². The Morgan fingerprint density at radius 2 is 1.88 bits per heavy atom. The molecule has 1 fully saturated rings. The second kappa shape index (κ2) is 11.0. The van der Waals surface area contributed by atoms with E-state index < -0.39 is 29.4 Å². The number of nitrogens with one attached hydrogen (secondary N) is 3. The van der Waals surface area contributed by atoms with Gasteiger partial charge in [-0.3, -0.25) is 4.79 Å². The van der Waals surface area contributed by atoms with Crippen LogP contribution in [0.3, 0.4) is 0 Å². The van der Waals surface area contributed by atoms with Gasteiger partial charge in [-0.2, -0.15) is 13.2 Å². The third-order valence-electron chi connectivity index (χ3n) is 5.09. The van der Waals surface area contributed by atoms with Crippen LogP contribution in [-0.2, 0) is 10.9 Å². The Morgan fingerprint density at radius 1 is 1.09 bits per heavy atom. The fraction of sp³-hybridized carbons (Fsp3) is 0.455. The molecule has 1 heterocycles. The van der Waals surface area contributed by atoms with Crippen LogP contribution in [0.1, 0.15) is 54.6 Å². The van der Waals surface area contributed by atoms with Gasteiger partial charge >= 0.3 is 12.2 Å². The summed E-state index contributed by atoms with van der Waals surface area (Å²) in [5.74, 6) is -0.718. The first-order valence-electron chi connectivity index (χ1n) is 10.6. The number of amides is 3. The van der Waals surface area contributed by atoms with E-state index in [-0.39, 0.29) is 24.1 Å². The van der Waals surface area contributed by atoms with E-state index in [4.69, 9.17) is 9.15 Å². The van der Waals surface area contributed by atoms with Crippen molar-refractivity contribution in [3.05, 3.63) is 47.9 Å². The highest BCUT2D eigenvalue weighted by Crippen LogP contribution is 2.36. The van der Waals surface area contributed by atoms with Gasteiger partial charge < -0.3 is 25.1 Å². The predicted octanol–water partition coefficient (Wildman–Crippen LogP) is 5.41. The summed E-state index contributed by atoms with van der Waals surface area (Å²) in [7, 11) is 0. The summed E-state index contributed by atoms with van der Waals surface area (Å²) in [5.41, 5.74) is -1.57. The minimum Gasteiger partial charge on any atom is -0.459 e. The molecule has 0 bridgehead atoms. The molecule has 0 atom stereocenters. The average molecular weight is 453 g/mol. The fourth-order valence-electron chi connectivity index (χ4n) is 3.49. The molecule has 174 valence electrons. The standard InChI is InChI=1S/C22H26F3N3O4/c23-22(24,25)17-14-15(27-20(29)19-8-4-12-32-19)9-10-18(17)28-21(30)26-11-5-13-31-16-6-2-1-3-7-16/h4,8-10,12,14,16H,1-3,5-7,11,13H2,(H,27,29)(H2,26,28,30). The quantitative estimate of drug-likeness (QED) is 0.466. The SMILES string of the molecule is O=C(NCCCOC1CCCCC1)Nc1ccc(NC(=O)c2ccco2)cc1C(F)(F)F. The second-order valence-electron chi connectivity index (χ2n) is 7.55. The normalized spacial score (nSPS) is 14.7. The first-order valence-corrected chi connectivity index (χ1v) is 10.6. The van der Waals surface area contributed by atoms with Crippen molar-refractivity contribution in [1.29, 1.82) is 0 Å². The van der Waals surface area contributed by atoms with Gasteiger partial charge in [-0.15, -0.1) is 0 Å². The second-order valence-corrected chi connectivity index (χ2v) is 7.55. The third-order valence-corrected chi connectivity index (χ3v) is 5.09. The van der Waals surface area contributed by atoms with Gasteiger partial charge in [0.15, 0.2) is 5.76 Å². The number of anilines is 2. The van der Waals surface area contributed by atoms with E-state index in [0.29, 0.717) is 13.0 Å². The van der Waals surface area contributed by atoms with E-state index in [1.54, 1.807) is 0 Å². The van der Waals surface area contributed by atoms with Gasteiger partial charge in [-0.05, 0) is 49.6 Å². The molecule has 1 aliphatic rings. The topological polar surface area (TPSA) is 92.6 Å². The summed E-state index contributed by atoms with van der Waals surface area (Å²) in [4.78, 5) is 24.1. The molecule has 1 aromatic heterocycles. The predicted molar refractivity (Wildman–Crippen MR) is 113 cm³/mol. The molecule has 0 saturated heterocycles. The molecule has 1 aliphatic carbocycles. The summed E-state index contributed by atoms with van der Waals surface area (Å²) < 4.78 is 51.2. The molecule has 32 heavy (non-hydrogen) atoms. The molecule has 0 radical (unpaired) electrons. The lowest BCUT2D eigenvalue weighted by molar-refractivity contribution is -0.136. The van der Waals surface area contributed by atoms with Crippen molar-refractivity contribution < 1.29 is 31.9 Å². The van der Waals surface area contributed by atoms with Gasteiger partial charge in [0.1, 0.15) is 0 Å². The number of urea groups is 1. The van der Waals surface area contributed by atoms with Crippen LogP contribution in [0.5, 0.6) is 0 Å². The molecule has 0 aliphatic heterocycles. The maximum atomic E-state index is 13.5. The molecule has 0 spiro atoms. The highest BCUT2D eigenvalue weighted by Gasteiger charge is 2.34. The number of furan rings is 1. The van der Waals surface area contributed by atoms with Crippen LogP contribution in [0.25, 0.3) is 0 Å². The van der Waals surface area contributed by atoms with Gasteiger partial charge in [0.05, 0.1) is 23.6 Å². The first-order chi connectivity index (χ1) is 15.3. The molecule has 1 aromatic carbocycles. The summed E-state index contributed by atoms with van der Waals surface area (Å²) in [6.07, 6.45) is 3.03. The smallest absolute Gasteiger partial charge is 0.418 e. The van der Waals surface area contributed by atoms with Crippen molar-refractivity contribution >= 4 is 23.3 Å². The van der Waals surface area contributed by atoms with E-state index >= 15 is 0 Å². The maximum Gasteiger partial charge on any atom is 0.418 e. The van der Waals surface area contributed by atoms with Gasteiger partial charge in [-0.25, -0.2) is 4.79 Å². The monoisotopic (exact) mass is 453 g/mol. The van der Waals surface area contributed by atoms with Crippen LogP contribution in [0, 0.1) is 0 Å². The Kier molecular flexibility index (Phi) is 8.15. The molecule has 3 rings (SSSR count). The van der Waals surface area contributed by atoms with Crippen molar-refractivity contribution in [3.8, 4) is 0 Å². The van der Waals surface area contributed by atoms with Crippen molar-refractivity contribution in [2.24, 2.45) is 0 Å². The largest absolute Gasteiger partial charge is 0.459 e.